The minimum atomic E-state index is -3.40. The van der Waals surface area contributed by atoms with Crippen LogP contribution < -0.4 is 10.5 Å². The molecule has 0 saturated heterocycles. The maximum absolute atomic E-state index is 12.3. The Kier molecular flexibility index (Phi) is 4.95. The molecular weight excluding hydrogens is 238 g/mol. The van der Waals surface area contributed by atoms with Crippen molar-refractivity contribution in [3.8, 4) is 0 Å². The third kappa shape index (κ3) is 3.19. The third-order valence-electron chi connectivity index (χ3n) is 3.70. The largest absolute Gasteiger partial charge is 0.329 e. The van der Waals surface area contributed by atoms with Crippen LogP contribution in [0.25, 0.3) is 0 Å². The molecule has 0 spiro atoms. The first-order chi connectivity index (χ1) is 7.95. The number of hydrogen-bond donors (Lipinski definition) is 2. The van der Waals surface area contributed by atoms with Crippen LogP contribution in [0.15, 0.2) is 0 Å². The van der Waals surface area contributed by atoms with Crippen molar-refractivity contribution in [2.45, 2.75) is 58.0 Å². The van der Waals surface area contributed by atoms with Crippen LogP contribution in [0, 0.1) is 0 Å². The lowest BCUT2D eigenvalue weighted by molar-refractivity contribution is 0.182. The molecule has 6 heteroatoms. The molecule has 17 heavy (non-hydrogen) atoms. The van der Waals surface area contributed by atoms with Crippen molar-refractivity contribution < 1.29 is 8.42 Å². The number of nitrogens with one attached hydrogen (secondary N) is 1. The van der Waals surface area contributed by atoms with Crippen LogP contribution in [-0.4, -0.2) is 37.4 Å². The lowest BCUT2D eigenvalue weighted by atomic mass is 9.93. The van der Waals surface area contributed by atoms with Gasteiger partial charge in [0.1, 0.15) is 0 Å². The Hall–Kier alpha value is -0.170. The molecule has 0 aliphatic heterocycles. The summed E-state index contributed by atoms with van der Waals surface area (Å²) in [4.78, 5) is 0. The van der Waals surface area contributed by atoms with Crippen LogP contribution in [0.3, 0.4) is 0 Å². The lowest BCUT2D eigenvalue weighted by Crippen LogP contribution is -2.58. The summed E-state index contributed by atoms with van der Waals surface area (Å²) in [6.45, 7) is 6.67. The summed E-state index contributed by atoms with van der Waals surface area (Å²) >= 11 is 0. The van der Waals surface area contributed by atoms with Crippen LogP contribution >= 0.6 is 0 Å². The van der Waals surface area contributed by atoms with E-state index in [2.05, 4.69) is 4.72 Å². The highest BCUT2D eigenvalue weighted by atomic mass is 32.2. The van der Waals surface area contributed by atoms with E-state index in [1.165, 1.54) is 0 Å². The molecule has 0 aromatic carbocycles. The van der Waals surface area contributed by atoms with Gasteiger partial charge in [-0.1, -0.05) is 20.8 Å². The molecule has 0 heterocycles. The molecular formula is C11H25N3O2S. The van der Waals surface area contributed by atoms with Crippen molar-refractivity contribution in [3.05, 3.63) is 0 Å². The maximum atomic E-state index is 12.3. The fraction of sp³-hybridized carbons (Fsp3) is 1.00. The van der Waals surface area contributed by atoms with Crippen LogP contribution in [0.2, 0.25) is 0 Å². The Morgan fingerprint density at radius 2 is 1.82 bits per heavy atom. The Bertz CT molecular complexity index is 326. The molecule has 1 saturated carbocycles. The molecule has 1 rings (SSSR count). The van der Waals surface area contributed by atoms with Gasteiger partial charge in [-0.25, -0.2) is 0 Å². The smallest absolute Gasteiger partial charge is 0.280 e. The summed E-state index contributed by atoms with van der Waals surface area (Å²) in [7, 11) is -3.40. The van der Waals surface area contributed by atoms with Gasteiger partial charge in [-0.05, 0) is 25.7 Å². The second kappa shape index (κ2) is 5.65. The van der Waals surface area contributed by atoms with Gasteiger partial charge < -0.3 is 5.73 Å². The highest BCUT2D eigenvalue weighted by Crippen LogP contribution is 2.27. The van der Waals surface area contributed by atoms with Gasteiger partial charge in [-0.3, -0.25) is 0 Å². The quantitative estimate of drug-likeness (QED) is 0.681. The summed E-state index contributed by atoms with van der Waals surface area (Å²) in [6.07, 6.45) is 3.37. The molecule has 0 unspecified atom stereocenters. The van der Waals surface area contributed by atoms with Crippen molar-refractivity contribution in [3.63, 3.8) is 0 Å². The molecule has 1 aliphatic carbocycles. The lowest BCUT2D eigenvalue weighted by Gasteiger charge is -2.40. The van der Waals surface area contributed by atoms with E-state index in [1.807, 2.05) is 20.8 Å². The van der Waals surface area contributed by atoms with Crippen molar-refractivity contribution in [1.29, 1.82) is 0 Å². The van der Waals surface area contributed by atoms with Crippen molar-refractivity contribution in [2.24, 2.45) is 5.73 Å². The summed E-state index contributed by atoms with van der Waals surface area (Å²) in [5.41, 5.74) is 5.37. The first-order valence-corrected chi connectivity index (χ1v) is 7.90. The Morgan fingerprint density at radius 1 is 1.29 bits per heavy atom. The van der Waals surface area contributed by atoms with E-state index in [1.54, 1.807) is 4.31 Å². The number of nitrogens with zero attached hydrogens (tertiary/aromatic N) is 1. The average molecular weight is 263 g/mol. The predicted octanol–water partition coefficient (Wildman–Crippen LogP) is 0.823. The van der Waals surface area contributed by atoms with Crippen molar-refractivity contribution in [1.82, 2.24) is 9.03 Å². The van der Waals surface area contributed by atoms with Gasteiger partial charge in [-0.2, -0.15) is 17.4 Å². The molecule has 102 valence electrons. The molecule has 0 atom stereocenters. The van der Waals surface area contributed by atoms with Gasteiger partial charge in [0.15, 0.2) is 0 Å². The molecule has 0 radical (unpaired) electrons. The van der Waals surface area contributed by atoms with E-state index in [4.69, 9.17) is 5.73 Å². The number of rotatable bonds is 8. The number of hydrogen-bond acceptors (Lipinski definition) is 3. The minimum absolute atomic E-state index is 0.137. The minimum Gasteiger partial charge on any atom is -0.329 e. The highest BCUT2D eigenvalue weighted by molar-refractivity contribution is 7.87. The van der Waals surface area contributed by atoms with Gasteiger partial charge >= 0.3 is 0 Å². The zero-order chi connectivity index (χ0) is 13.1. The van der Waals surface area contributed by atoms with Crippen LogP contribution in [0.5, 0.6) is 0 Å². The Morgan fingerprint density at radius 3 is 2.12 bits per heavy atom. The SMILES string of the molecule is CCN(C(CC)(CC)CN)S(=O)(=O)NC1CC1. The topological polar surface area (TPSA) is 75.4 Å². The second-order valence-corrected chi connectivity index (χ2v) is 6.32. The van der Waals surface area contributed by atoms with Crippen LogP contribution in [-0.2, 0) is 10.2 Å². The maximum Gasteiger partial charge on any atom is 0.280 e. The summed E-state index contributed by atoms with van der Waals surface area (Å²) in [5.74, 6) is 0. The Balaban J connectivity index is 2.94. The van der Waals surface area contributed by atoms with E-state index >= 15 is 0 Å². The second-order valence-electron chi connectivity index (χ2n) is 4.70. The van der Waals surface area contributed by atoms with E-state index in [-0.39, 0.29) is 6.04 Å². The number of likely N-dealkylation sites (N-methyl/N-ethyl adjacent to an activating group) is 1. The molecule has 5 nitrogen and oxygen atoms in total. The van der Waals surface area contributed by atoms with Gasteiger partial charge in [0, 0.05) is 24.7 Å². The average Bonchev–Trinajstić information content (AvgIpc) is 3.08. The highest BCUT2D eigenvalue weighted by Gasteiger charge is 2.41. The van der Waals surface area contributed by atoms with Gasteiger partial charge in [0.05, 0.1) is 0 Å². The fourth-order valence-electron chi connectivity index (χ4n) is 2.23. The Labute approximate surface area is 105 Å². The van der Waals surface area contributed by atoms with E-state index in [0.717, 1.165) is 25.7 Å². The first-order valence-electron chi connectivity index (χ1n) is 6.46. The third-order valence-corrected chi connectivity index (χ3v) is 5.55. The molecule has 0 amide bonds. The molecule has 1 aliphatic rings. The van der Waals surface area contributed by atoms with E-state index in [9.17, 15) is 8.42 Å². The van der Waals surface area contributed by atoms with Crippen LogP contribution in [0.4, 0.5) is 0 Å². The summed E-state index contributed by atoms with van der Waals surface area (Å²) in [6, 6.07) is 0.137. The molecule has 3 N–H and O–H groups in total. The fourth-order valence-corrected chi connectivity index (χ4v) is 4.20. The molecule has 1 fully saturated rings. The van der Waals surface area contributed by atoms with Gasteiger partial charge in [-0.15, -0.1) is 0 Å². The normalized spacial score (nSPS) is 17.7. The molecule has 0 bridgehead atoms. The first kappa shape index (κ1) is 14.9. The predicted molar refractivity (Wildman–Crippen MR) is 69.8 cm³/mol. The summed E-state index contributed by atoms with van der Waals surface area (Å²) < 4.78 is 28.9. The molecule has 0 aromatic rings. The van der Waals surface area contributed by atoms with Gasteiger partial charge in [0.2, 0.25) is 0 Å². The molecule has 0 aromatic heterocycles. The van der Waals surface area contributed by atoms with Crippen molar-refractivity contribution >= 4 is 10.2 Å². The van der Waals surface area contributed by atoms with E-state index < -0.39 is 15.7 Å². The number of nitrogens with two attached hydrogens (primary N) is 1. The van der Waals surface area contributed by atoms with Gasteiger partial charge in [0.25, 0.3) is 10.2 Å². The summed E-state index contributed by atoms with van der Waals surface area (Å²) in [5, 5.41) is 0. The zero-order valence-electron chi connectivity index (χ0n) is 11.1. The monoisotopic (exact) mass is 263 g/mol. The van der Waals surface area contributed by atoms with Crippen LogP contribution in [0.1, 0.15) is 46.5 Å². The van der Waals surface area contributed by atoms with E-state index in [0.29, 0.717) is 13.1 Å². The zero-order valence-corrected chi connectivity index (χ0v) is 11.9. The standard InChI is InChI=1S/C11H25N3O2S/c1-4-11(5-2,9-12)14(6-3)17(15,16)13-10-7-8-10/h10,13H,4-9,12H2,1-3H3. The van der Waals surface area contributed by atoms with Crippen molar-refractivity contribution in [2.75, 3.05) is 13.1 Å².